The number of carbonyl (C=O) groups is 1. The molecule has 0 aliphatic heterocycles. The highest BCUT2D eigenvalue weighted by molar-refractivity contribution is 5.96. The van der Waals surface area contributed by atoms with E-state index in [1.54, 1.807) is 7.11 Å². The van der Waals surface area contributed by atoms with E-state index in [4.69, 9.17) is 4.74 Å². The first kappa shape index (κ1) is 9.93. The van der Waals surface area contributed by atoms with Gasteiger partial charge >= 0.3 is 0 Å². The first-order chi connectivity index (χ1) is 6.34. The van der Waals surface area contributed by atoms with Crippen molar-refractivity contribution in [1.29, 1.82) is 0 Å². The Balaban J connectivity index is 2.50. The van der Waals surface area contributed by atoms with E-state index in [0.29, 0.717) is 13.0 Å². The summed E-state index contributed by atoms with van der Waals surface area (Å²) in [5.74, 6) is 0.179. The predicted molar refractivity (Wildman–Crippen MR) is 52.5 cm³/mol. The number of hydrogen-bond acceptors (Lipinski definition) is 2. The zero-order chi connectivity index (χ0) is 9.52. The number of methoxy groups -OCH3 is 1. The lowest BCUT2D eigenvalue weighted by Crippen LogP contribution is -2.05. The van der Waals surface area contributed by atoms with Gasteiger partial charge in [0.05, 0.1) is 6.61 Å². The number of ketones is 1. The summed E-state index contributed by atoms with van der Waals surface area (Å²) in [5.41, 5.74) is 0.863. The van der Waals surface area contributed by atoms with Crippen LogP contribution in [0.15, 0.2) is 36.0 Å². The molecule has 0 atom stereocenters. The Morgan fingerprint density at radius 2 is 2.31 bits per heavy atom. The molecule has 0 N–H and O–H groups in total. The van der Waals surface area contributed by atoms with Gasteiger partial charge in [-0.2, -0.15) is 0 Å². The molecule has 1 aliphatic carbocycles. The van der Waals surface area contributed by atoms with Crippen LogP contribution in [-0.2, 0) is 9.53 Å². The van der Waals surface area contributed by atoms with Crippen LogP contribution in [0.1, 0.15) is 12.8 Å². The van der Waals surface area contributed by atoms with Gasteiger partial charge in [0.1, 0.15) is 0 Å². The van der Waals surface area contributed by atoms with Crippen LogP contribution in [0, 0.1) is 0 Å². The van der Waals surface area contributed by atoms with Crippen molar-refractivity contribution in [2.24, 2.45) is 0 Å². The smallest absolute Gasteiger partial charge is 0.161 e. The molecule has 0 heterocycles. The average molecular weight is 178 g/mol. The monoisotopic (exact) mass is 178 g/mol. The van der Waals surface area contributed by atoms with Crippen LogP contribution in [-0.4, -0.2) is 19.5 Å². The molecule has 1 rings (SSSR count). The van der Waals surface area contributed by atoms with Gasteiger partial charge in [0, 0.05) is 13.5 Å². The van der Waals surface area contributed by atoms with Crippen molar-refractivity contribution in [2.75, 3.05) is 13.7 Å². The Bertz CT molecular complexity index is 259. The van der Waals surface area contributed by atoms with Crippen LogP contribution in [0.5, 0.6) is 0 Å². The molecule has 0 amide bonds. The number of allylic oxidation sites excluding steroid dienone is 6. The summed E-state index contributed by atoms with van der Waals surface area (Å²) in [7, 11) is 1.61. The van der Waals surface area contributed by atoms with E-state index in [2.05, 4.69) is 0 Å². The minimum absolute atomic E-state index is 0.179. The summed E-state index contributed by atoms with van der Waals surface area (Å²) >= 11 is 0. The van der Waals surface area contributed by atoms with Gasteiger partial charge in [0.25, 0.3) is 0 Å². The summed E-state index contributed by atoms with van der Waals surface area (Å²) in [4.78, 5) is 11.5. The summed E-state index contributed by atoms with van der Waals surface area (Å²) in [6.07, 6.45) is 10.8. The molecule has 0 aromatic rings. The lowest BCUT2D eigenvalue weighted by atomic mass is 10.1. The summed E-state index contributed by atoms with van der Waals surface area (Å²) in [5, 5.41) is 0. The van der Waals surface area contributed by atoms with Crippen LogP contribution in [0.25, 0.3) is 0 Å². The molecular formula is C11H14O2. The van der Waals surface area contributed by atoms with Gasteiger partial charge in [-0.25, -0.2) is 0 Å². The van der Waals surface area contributed by atoms with Crippen molar-refractivity contribution < 1.29 is 9.53 Å². The average Bonchev–Trinajstić information content (AvgIpc) is 2.42. The number of Topliss-reactive ketones (excluding diaryl/α,β-unsaturated/α-hetero) is 1. The van der Waals surface area contributed by atoms with Gasteiger partial charge in [-0.3, -0.25) is 4.79 Å². The van der Waals surface area contributed by atoms with Gasteiger partial charge in [-0.05, 0) is 12.0 Å². The maximum atomic E-state index is 11.5. The van der Waals surface area contributed by atoms with E-state index in [9.17, 15) is 4.79 Å². The second-order valence-electron chi connectivity index (χ2n) is 2.88. The molecule has 70 valence electrons. The second kappa shape index (κ2) is 5.49. The second-order valence-corrected chi connectivity index (χ2v) is 2.88. The number of carbonyl (C=O) groups excluding carboxylic acids is 1. The van der Waals surface area contributed by atoms with Gasteiger partial charge in [0.2, 0.25) is 0 Å². The fourth-order valence-electron chi connectivity index (χ4n) is 1.14. The van der Waals surface area contributed by atoms with Crippen molar-refractivity contribution in [1.82, 2.24) is 0 Å². The fourth-order valence-corrected chi connectivity index (χ4v) is 1.14. The zero-order valence-corrected chi connectivity index (χ0v) is 7.82. The Kier molecular flexibility index (Phi) is 4.19. The van der Waals surface area contributed by atoms with Gasteiger partial charge in [-0.15, -0.1) is 0 Å². The molecule has 13 heavy (non-hydrogen) atoms. The lowest BCUT2D eigenvalue weighted by Gasteiger charge is -2.01. The number of ether oxygens (including phenoxy) is 1. The topological polar surface area (TPSA) is 26.3 Å². The Morgan fingerprint density at radius 1 is 1.46 bits per heavy atom. The van der Waals surface area contributed by atoms with Crippen molar-refractivity contribution in [3.8, 4) is 0 Å². The van der Waals surface area contributed by atoms with Gasteiger partial charge < -0.3 is 4.74 Å². The Morgan fingerprint density at radius 3 is 3.08 bits per heavy atom. The fraction of sp³-hybridized carbons (Fsp3) is 0.364. The minimum Gasteiger partial charge on any atom is -0.384 e. The molecule has 2 heteroatoms. The first-order valence-corrected chi connectivity index (χ1v) is 4.39. The van der Waals surface area contributed by atoms with Crippen molar-refractivity contribution in [2.45, 2.75) is 12.8 Å². The van der Waals surface area contributed by atoms with Crippen LogP contribution >= 0.6 is 0 Å². The number of hydrogen-bond donors (Lipinski definition) is 0. The van der Waals surface area contributed by atoms with E-state index in [1.165, 1.54) is 0 Å². The molecular weight excluding hydrogens is 164 g/mol. The molecule has 0 radical (unpaired) electrons. The third-order valence-corrected chi connectivity index (χ3v) is 1.88. The Hall–Kier alpha value is -1.15. The van der Waals surface area contributed by atoms with E-state index < -0.39 is 0 Å². The highest BCUT2D eigenvalue weighted by Crippen LogP contribution is 2.09. The largest absolute Gasteiger partial charge is 0.384 e. The van der Waals surface area contributed by atoms with Gasteiger partial charge in [0.15, 0.2) is 5.78 Å². The summed E-state index contributed by atoms with van der Waals surface area (Å²) < 4.78 is 4.85. The van der Waals surface area contributed by atoms with Crippen LogP contribution in [0.2, 0.25) is 0 Å². The highest BCUT2D eigenvalue weighted by atomic mass is 16.5. The molecule has 0 unspecified atom stereocenters. The van der Waals surface area contributed by atoms with Crippen molar-refractivity contribution in [3.05, 3.63) is 36.0 Å². The molecule has 0 saturated carbocycles. The number of rotatable bonds is 4. The van der Waals surface area contributed by atoms with Crippen LogP contribution in [0.4, 0.5) is 0 Å². The van der Waals surface area contributed by atoms with E-state index in [-0.39, 0.29) is 5.78 Å². The predicted octanol–water partition coefficient (Wildman–Crippen LogP) is 2.03. The van der Waals surface area contributed by atoms with Gasteiger partial charge in [-0.1, -0.05) is 30.4 Å². The molecule has 0 spiro atoms. The molecule has 0 saturated heterocycles. The standard InChI is InChI=1S/C11H14O2/c1-13-9-8-11(12)10-6-4-2-3-5-7-10/h2-6H,7-9H2,1H3. The molecule has 0 aromatic carbocycles. The normalized spacial score (nSPS) is 15.3. The Labute approximate surface area is 78.6 Å². The molecule has 1 aliphatic rings. The SMILES string of the molecule is COCCC(=O)C1=CC=CC=CC1. The van der Waals surface area contributed by atoms with Crippen molar-refractivity contribution >= 4 is 5.78 Å². The maximum absolute atomic E-state index is 11.5. The molecule has 2 nitrogen and oxygen atoms in total. The molecule has 0 fully saturated rings. The summed E-state index contributed by atoms with van der Waals surface area (Å²) in [6, 6.07) is 0. The lowest BCUT2D eigenvalue weighted by molar-refractivity contribution is -0.116. The first-order valence-electron chi connectivity index (χ1n) is 4.39. The quantitative estimate of drug-likeness (QED) is 0.658. The molecule has 0 aromatic heterocycles. The third-order valence-electron chi connectivity index (χ3n) is 1.88. The van der Waals surface area contributed by atoms with E-state index >= 15 is 0 Å². The third kappa shape index (κ3) is 3.38. The van der Waals surface area contributed by atoms with E-state index in [1.807, 2.05) is 30.4 Å². The van der Waals surface area contributed by atoms with Crippen LogP contribution in [0.3, 0.4) is 0 Å². The van der Waals surface area contributed by atoms with Crippen molar-refractivity contribution in [3.63, 3.8) is 0 Å². The summed E-state index contributed by atoms with van der Waals surface area (Å²) in [6.45, 7) is 0.504. The zero-order valence-electron chi connectivity index (χ0n) is 7.82. The minimum atomic E-state index is 0.179. The van der Waals surface area contributed by atoms with Crippen LogP contribution < -0.4 is 0 Å². The highest BCUT2D eigenvalue weighted by Gasteiger charge is 2.07. The van der Waals surface area contributed by atoms with E-state index in [0.717, 1.165) is 12.0 Å². The maximum Gasteiger partial charge on any atom is 0.161 e. The molecule has 0 bridgehead atoms.